The molecule has 0 amide bonds. The minimum absolute atomic E-state index is 0.176. The van der Waals surface area contributed by atoms with Crippen molar-refractivity contribution >= 4 is 23.2 Å². The molecule has 0 saturated carbocycles. The van der Waals surface area contributed by atoms with Gasteiger partial charge in [0.1, 0.15) is 0 Å². The quantitative estimate of drug-likeness (QED) is 0.910. The summed E-state index contributed by atoms with van der Waals surface area (Å²) >= 11 is 12.1. The molecule has 0 radical (unpaired) electrons. The highest BCUT2D eigenvalue weighted by molar-refractivity contribution is 6.33. The molecule has 1 aromatic heterocycles. The SMILES string of the molecule is CC(N)Cc1ccn(Cc2cc(Cl)ccc2Cl)c1. The van der Waals surface area contributed by atoms with Gasteiger partial charge in [0.2, 0.25) is 0 Å². The van der Waals surface area contributed by atoms with Crippen molar-refractivity contribution in [2.75, 3.05) is 0 Å². The van der Waals surface area contributed by atoms with Gasteiger partial charge < -0.3 is 10.3 Å². The molecule has 4 heteroatoms. The lowest BCUT2D eigenvalue weighted by Gasteiger charge is -2.06. The Balaban J connectivity index is 2.13. The van der Waals surface area contributed by atoms with Gasteiger partial charge >= 0.3 is 0 Å². The summed E-state index contributed by atoms with van der Waals surface area (Å²) in [4.78, 5) is 0. The zero-order chi connectivity index (χ0) is 13.1. The van der Waals surface area contributed by atoms with Gasteiger partial charge in [0.25, 0.3) is 0 Å². The zero-order valence-electron chi connectivity index (χ0n) is 10.2. The van der Waals surface area contributed by atoms with Crippen LogP contribution in [0.4, 0.5) is 0 Å². The Labute approximate surface area is 117 Å². The Kier molecular flexibility index (Phi) is 4.33. The molecule has 0 aliphatic heterocycles. The maximum Gasteiger partial charge on any atom is 0.0485 e. The number of benzene rings is 1. The Morgan fingerprint density at radius 1 is 1.28 bits per heavy atom. The van der Waals surface area contributed by atoms with Crippen LogP contribution in [0.2, 0.25) is 10.0 Å². The number of aromatic nitrogens is 1. The molecule has 0 bridgehead atoms. The van der Waals surface area contributed by atoms with Gasteiger partial charge in [-0.05, 0) is 48.7 Å². The monoisotopic (exact) mass is 282 g/mol. The summed E-state index contributed by atoms with van der Waals surface area (Å²) in [6.07, 6.45) is 5.02. The lowest BCUT2D eigenvalue weighted by molar-refractivity contribution is 0.732. The number of rotatable bonds is 4. The molecule has 0 fully saturated rings. The standard InChI is InChI=1S/C14H16Cl2N2/c1-10(17)6-11-4-5-18(8-11)9-12-7-13(15)2-3-14(12)16/h2-5,7-8,10H,6,9,17H2,1H3. The van der Waals surface area contributed by atoms with Crippen molar-refractivity contribution < 1.29 is 0 Å². The van der Waals surface area contributed by atoms with Crippen molar-refractivity contribution in [2.45, 2.75) is 25.9 Å². The second kappa shape index (κ2) is 5.79. The van der Waals surface area contributed by atoms with Crippen LogP contribution in [0.15, 0.2) is 36.7 Å². The highest BCUT2D eigenvalue weighted by Crippen LogP contribution is 2.21. The van der Waals surface area contributed by atoms with E-state index in [0.717, 1.165) is 23.6 Å². The van der Waals surface area contributed by atoms with Gasteiger partial charge in [-0.2, -0.15) is 0 Å². The van der Waals surface area contributed by atoms with Crippen molar-refractivity contribution in [3.63, 3.8) is 0 Å². The van der Waals surface area contributed by atoms with Crippen LogP contribution in [0.25, 0.3) is 0 Å². The fraction of sp³-hybridized carbons (Fsp3) is 0.286. The van der Waals surface area contributed by atoms with Crippen LogP contribution in [0.5, 0.6) is 0 Å². The van der Waals surface area contributed by atoms with Crippen molar-refractivity contribution in [1.29, 1.82) is 0 Å². The second-order valence-corrected chi connectivity index (χ2v) is 5.45. The molecule has 18 heavy (non-hydrogen) atoms. The summed E-state index contributed by atoms with van der Waals surface area (Å²) in [6, 6.07) is 7.78. The van der Waals surface area contributed by atoms with Gasteiger partial charge in [-0.25, -0.2) is 0 Å². The summed E-state index contributed by atoms with van der Waals surface area (Å²) in [7, 11) is 0. The topological polar surface area (TPSA) is 30.9 Å². The van der Waals surface area contributed by atoms with Crippen LogP contribution in [-0.2, 0) is 13.0 Å². The summed E-state index contributed by atoms with van der Waals surface area (Å²) in [6.45, 7) is 2.73. The first kappa shape index (κ1) is 13.5. The maximum atomic E-state index is 6.15. The van der Waals surface area contributed by atoms with Crippen LogP contribution >= 0.6 is 23.2 Å². The molecule has 2 nitrogen and oxygen atoms in total. The van der Waals surface area contributed by atoms with Gasteiger partial charge in [0.15, 0.2) is 0 Å². The van der Waals surface area contributed by atoms with Gasteiger partial charge in [-0.15, -0.1) is 0 Å². The minimum atomic E-state index is 0.176. The molecule has 1 atom stereocenters. The fourth-order valence-electron chi connectivity index (χ4n) is 1.94. The molecular formula is C14H16Cl2N2. The molecule has 2 aromatic rings. The van der Waals surface area contributed by atoms with E-state index in [-0.39, 0.29) is 6.04 Å². The third-order valence-electron chi connectivity index (χ3n) is 2.73. The van der Waals surface area contributed by atoms with Crippen LogP contribution in [0.3, 0.4) is 0 Å². The Bertz CT molecular complexity index is 532. The molecule has 2 rings (SSSR count). The number of nitrogens with two attached hydrogens (primary N) is 1. The largest absolute Gasteiger partial charge is 0.350 e. The molecule has 0 aliphatic rings. The van der Waals surface area contributed by atoms with E-state index in [1.807, 2.05) is 25.3 Å². The highest BCUT2D eigenvalue weighted by atomic mass is 35.5. The fourth-order valence-corrected chi connectivity index (χ4v) is 2.31. The predicted octanol–water partition coefficient (Wildman–Crippen LogP) is 3.73. The van der Waals surface area contributed by atoms with E-state index in [1.54, 1.807) is 6.07 Å². The Morgan fingerprint density at radius 2 is 2.06 bits per heavy atom. The van der Waals surface area contributed by atoms with Crippen LogP contribution < -0.4 is 5.73 Å². The van der Waals surface area contributed by atoms with E-state index in [0.29, 0.717) is 5.02 Å². The van der Waals surface area contributed by atoms with Gasteiger partial charge in [-0.3, -0.25) is 0 Å². The first-order valence-corrected chi connectivity index (χ1v) is 6.64. The third-order valence-corrected chi connectivity index (χ3v) is 3.33. The van der Waals surface area contributed by atoms with E-state index in [1.165, 1.54) is 5.56 Å². The van der Waals surface area contributed by atoms with Crippen LogP contribution in [0, 0.1) is 0 Å². The minimum Gasteiger partial charge on any atom is -0.350 e. The maximum absolute atomic E-state index is 6.15. The van der Waals surface area contributed by atoms with Gasteiger partial charge in [0.05, 0.1) is 0 Å². The van der Waals surface area contributed by atoms with E-state index < -0.39 is 0 Å². The summed E-state index contributed by atoms with van der Waals surface area (Å²) in [5, 5.41) is 1.44. The Morgan fingerprint density at radius 3 is 2.78 bits per heavy atom. The average molecular weight is 283 g/mol. The first-order valence-electron chi connectivity index (χ1n) is 5.89. The smallest absolute Gasteiger partial charge is 0.0485 e. The lowest BCUT2D eigenvalue weighted by Crippen LogP contribution is -2.17. The molecule has 1 unspecified atom stereocenters. The van der Waals surface area contributed by atoms with E-state index in [2.05, 4.69) is 16.8 Å². The number of halogens is 2. The summed E-state index contributed by atoms with van der Waals surface area (Å²) in [5.74, 6) is 0. The van der Waals surface area contributed by atoms with Gasteiger partial charge in [-0.1, -0.05) is 23.2 Å². The lowest BCUT2D eigenvalue weighted by atomic mass is 10.1. The molecule has 96 valence electrons. The first-order chi connectivity index (χ1) is 8.54. The molecule has 0 spiro atoms. The number of hydrogen-bond donors (Lipinski definition) is 1. The van der Waals surface area contributed by atoms with E-state index in [4.69, 9.17) is 28.9 Å². The summed E-state index contributed by atoms with van der Waals surface area (Å²) in [5.41, 5.74) is 8.04. The molecular weight excluding hydrogens is 267 g/mol. The molecule has 0 aliphatic carbocycles. The van der Waals surface area contributed by atoms with Gasteiger partial charge in [0, 0.05) is 35.0 Å². The molecule has 1 heterocycles. The van der Waals surface area contributed by atoms with Crippen LogP contribution in [-0.4, -0.2) is 10.6 Å². The second-order valence-electron chi connectivity index (χ2n) is 4.61. The normalized spacial score (nSPS) is 12.7. The van der Waals surface area contributed by atoms with Crippen molar-refractivity contribution in [1.82, 2.24) is 4.57 Å². The predicted molar refractivity (Wildman–Crippen MR) is 77.3 cm³/mol. The molecule has 0 saturated heterocycles. The van der Waals surface area contributed by atoms with Crippen molar-refractivity contribution in [2.24, 2.45) is 5.73 Å². The van der Waals surface area contributed by atoms with Crippen molar-refractivity contribution in [3.8, 4) is 0 Å². The zero-order valence-corrected chi connectivity index (χ0v) is 11.7. The molecule has 1 aromatic carbocycles. The summed E-state index contributed by atoms with van der Waals surface area (Å²) < 4.78 is 2.09. The van der Waals surface area contributed by atoms with Crippen LogP contribution in [0.1, 0.15) is 18.1 Å². The number of nitrogens with zero attached hydrogens (tertiary/aromatic N) is 1. The van der Waals surface area contributed by atoms with Crippen molar-refractivity contribution in [3.05, 3.63) is 57.8 Å². The third kappa shape index (κ3) is 3.52. The molecule has 2 N–H and O–H groups in total. The van der Waals surface area contributed by atoms with E-state index >= 15 is 0 Å². The average Bonchev–Trinajstić information content (AvgIpc) is 2.70. The highest BCUT2D eigenvalue weighted by Gasteiger charge is 2.04. The Hall–Kier alpha value is -0.960. The van der Waals surface area contributed by atoms with E-state index in [9.17, 15) is 0 Å². The number of hydrogen-bond acceptors (Lipinski definition) is 1.